The molecule has 0 aliphatic carbocycles. The molecule has 1 atom stereocenters. The molecule has 0 radical (unpaired) electrons. The van der Waals surface area contributed by atoms with Gasteiger partial charge < -0.3 is 20.9 Å². The number of benzene rings is 1. The Morgan fingerprint density at radius 3 is 2.53 bits per heavy atom. The molecule has 4 N–H and O–H groups in total. The van der Waals surface area contributed by atoms with E-state index in [4.69, 9.17) is 16.2 Å². The molecule has 0 fully saturated rings. The Balaban J connectivity index is 3.23. The molecule has 1 aromatic carbocycles. The molecular weight excluding hydrogens is 220 g/mol. The maximum atomic E-state index is 11.5. The first-order chi connectivity index (χ1) is 7.99. The summed E-state index contributed by atoms with van der Waals surface area (Å²) in [4.78, 5) is 11.5. The summed E-state index contributed by atoms with van der Waals surface area (Å²) in [6, 6.07) is 3.20. The highest BCUT2D eigenvalue weighted by molar-refractivity contribution is 5.91. The van der Waals surface area contributed by atoms with Crippen LogP contribution in [0.3, 0.4) is 0 Å². The number of ether oxygens (including phenoxy) is 2. The summed E-state index contributed by atoms with van der Waals surface area (Å²) < 4.78 is 9.80. The fourth-order valence-electron chi connectivity index (χ4n) is 1.60. The van der Waals surface area contributed by atoms with Crippen molar-refractivity contribution in [3.63, 3.8) is 0 Å². The van der Waals surface area contributed by atoms with E-state index in [9.17, 15) is 4.79 Å². The third-order valence-electron chi connectivity index (χ3n) is 2.41. The zero-order chi connectivity index (χ0) is 13.0. The average molecular weight is 238 g/mol. The smallest absolute Gasteiger partial charge is 0.337 e. The van der Waals surface area contributed by atoms with Crippen molar-refractivity contribution in [1.82, 2.24) is 0 Å². The number of esters is 1. The Labute approximate surface area is 101 Å². The first kappa shape index (κ1) is 13.3. The topological polar surface area (TPSA) is 87.6 Å². The van der Waals surface area contributed by atoms with Gasteiger partial charge in [0, 0.05) is 6.04 Å². The number of carbonyl (C=O) groups is 1. The summed E-state index contributed by atoms with van der Waals surface area (Å²) in [5.74, 6) is 0.0396. The summed E-state index contributed by atoms with van der Waals surface area (Å²) in [5.41, 5.74) is 13.4. The van der Waals surface area contributed by atoms with Crippen LogP contribution in [0.5, 0.6) is 5.75 Å². The van der Waals surface area contributed by atoms with Crippen LogP contribution in [0, 0.1) is 0 Å². The van der Waals surface area contributed by atoms with E-state index in [0.717, 1.165) is 5.56 Å². The Morgan fingerprint density at radius 1 is 1.41 bits per heavy atom. The summed E-state index contributed by atoms with van der Waals surface area (Å²) in [7, 11) is 2.83. The maximum Gasteiger partial charge on any atom is 0.337 e. The van der Waals surface area contributed by atoms with Gasteiger partial charge in [0.2, 0.25) is 0 Å². The van der Waals surface area contributed by atoms with Crippen LogP contribution in [0.4, 0.5) is 5.69 Å². The molecule has 17 heavy (non-hydrogen) atoms. The number of nitrogen functional groups attached to an aromatic ring is 1. The lowest BCUT2D eigenvalue weighted by atomic mass is 10.0. The van der Waals surface area contributed by atoms with E-state index in [2.05, 4.69) is 4.74 Å². The summed E-state index contributed by atoms with van der Waals surface area (Å²) >= 11 is 0. The Kier molecular flexibility index (Phi) is 4.34. The quantitative estimate of drug-likeness (QED) is 0.602. The molecule has 0 saturated carbocycles. The molecule has 5 nitrogen and oxygen atoms in total. The second kappa shape index (κ2) is 5.54. The molecule has 0 saturated heterocycles. The van der Waals surface area contributed by atoms with Gasteiger partial charge in [0.05, 0.1) is 25.5 Å². The Bertz CT molecular complexity index is 416. The normalized spacial score (nSPS) is 12.0. The monoisotopic (exact) mass is 238 g/mol. The molecule has 0 heterocycles. The maximum absolute atomic E-state index is 11.5. The van der Waals surface area contributed by atoms with E-state index >= 15 is 0 Å². The van der Waals surface area contributed by atoms with Gasteiger partial charge in [-0.05, 0) is 31.0 Å². The second-order valence-electron chi connectivity index (χ2n) is 3.92. The predicted octanol–water partition coefficient (Wildman–Crippen LogP) is 0.954. The summed E-state index contributed by atoms with van der Waals surface area (Å²) in [5, 5.41) is 0. The van der Waals surface area contributed by atoms with Crippen LogP contribution >= 0.6 is 0 Å². The number of nitrogens with two attached hydrogens (primary N) is 2. The highest BCUT2D eigenvalue weighted by Crippen LogP contribution is 2.28. The van der Waals surface area contributed by atoms with Gasteiger partial charge in [0.25, 0.3) is 0 Å². The van der Waals surface area contributed by atoms with Gasteiger partial charge in [-0.3, -0.25) is 0 Å². The van der Waals surface area contributed by atoms with Crippen molar-refractivity contribution in [1.29, 1.82) is 0 Å². The Hall–Kier alpha value is -1.75. The van der Waals surface area contributed by atoms with Crippen molar-refractivity contribution in [3.05, 3.63) is 23.3 Å². The first-order valence-corrected chi connectivity index (χ1v) is 5.29. The van der Waals surface area contributed by atoms with Gasteiger partial charge in [-0.25, -0.2) is 4.79 Å². The van der Waals surface area contributed by atoms with Gasteiger partial charge in [-0.15, -0.1) is 0 Å². The summed E-state index contributed by atoms with van der Waals surface area (Å²) in [6.45, 7) is 1.87. The van der Waals surface area contributed by atoms with Crippen molar-refractivity contribution in [3.8, 4) is 5.75 Å². The van der Waals surface area contributed by atoms with Crippen LogP contribution in [0.15, 0.2) is 12.1 Å². The zero-order valence-corrected chi connectivity index (χ0v) is 10.3. The van der Waals surface area contributed by atoms with E-state index in [1.54, 1.807) is 12.1 Å². The number of rotatable bonds is 4. The first-order valence-electron chi connectivity index (χ1n) is 5.29. The van der Waals surface area contributed by atoms with Gasteiger partial charge in [0.1, 0.15) is 5.75 Å². The van der Waals surface area contributed by atoms with E-state index < -0.39 is 5.97 Å². The highest BCUT2D eigenvalue weighted by atomic mass is 16.5. The van der Waals surface area contributed by atoms with Gasteiger partial charge in [-0.1, -0.05) is 0 Å². The molecule has 0 aliphatic rings. The number of anilines is 1. The molecule has 1 aromatic rings. The largest absolute Gasteiger partial charge is 0.495 e. The Morgan fingerprint density at radius 2 is 2.06 bits per heavy atom. The lowest BCUT2D eigenvalue weighted by molar-refractivity contribution is 0.0600. The minimum Gasteiger partial charge on any atom is -0.495 e. The van der Waals surface area contributed by atoms with Crippen LogP contribution < -0.4 is 16.2 Å². The molecule has 5 heteroatoms. The lowest BCUT2D eigenvalue weighted by Gasteiger charge is -2.13. The number of carbonyl (C=O) groups excluding carboxylic acids is 1. The molecule has 0 spiro atoms. The molecule has 1 rings (SSSR count). The van der Waals surface area contributed by atoms with Gasteiger partial charge in [-0.2, -0.15) is 0 Å². The van der Waals surface area contributed by atoms with Gasteiger partial charge >= 0.3 is 5.97 Å². The predicted molar refractivity (Wildman–Crippen MR) is 66.1 cm³/mol. The molecule has 0 aliphatic heterocycles. The standard InChI is InChI=1S/C12H18N2O3/c1-7(13)4-8-5-9(12(15)17-3)6-10(16-2)11(8)14/h5-7H,4,13-14H2,1-3H3. The van der Waals surface area contributed by atoms with E-state index in [0.29, 0.717) is 23.4 Å². The van der Waals surface area contributed by atoms with Crippen LogP contribution in [-0.2, 0) is 11.2 Å². The van der Waals surface area contributed by atoms with Crippen molar-refractivity contribution in [2.24, 2.45) is 5.73 Å². The molecule has 0 bridgehead atoms. The molecule has 1 unspecified atom stereocenters. The fourth-order valence-corrected chi connectivity index (χ4v) is 1.60. The molecular formula is C12H18N2O3. The van der Waals surface area contributed by atoms with Crippen molar-refractivity contribution in [2.45, 2.75) is 19.4 Å². The van der Waals surface area contributed by atoms with E-state index in [1.807, 2.05) is 6.92 Å². The van der Waals surface area contributed by atoms with Crippen molar-refractivity contribution in [2.75, 3.05) is 20.0 Å². The molecule has 0 aromatic heterocycles. The SMILES string of the molecule is COC(=O)c1cc(CC(C)N)c(N)c(OC)c1. The van der Waals surface area contributed by atoms with Crippen LogP contribution in [0.2, 0.25) is 0 Å². The minimum atomic E-state index is -0.422. The van der Waals surface area contributed by atoms with Crippen molar-refractivity contribution >= 4 is 11.7 Å². The minimum absolute atomic E-state index is 0.0464. The van der Waals surface area contributed by atoms with Crippen LogP contribution in [-0.4, -0.2) is 26.2 Å². The van der Waals surface area contributed by atoms with E-state index in [-0.39, 0.29) is 6.04 Å². The number of hydrogen-bond donors (Lipinski definition) is 2. The fraction of sp³-hybridized carbons (Fsp3) is 0.417. The van der Waals surface area contributed by atoms with E-state index in [1.165, 1.54) is 14.2 Å². The van der Waals surface area contributed by atoms with Crippen LogP contribution in [0.1, 0.15) is 22.8 Å². The molecule has 94 valence electrons. The van der Waals surface area contributed by atoms with Crippen LogP contribution in [0.25, 0.3) is 0 Å². The molecule has 0 amide bonds. The number of methoxy groups -OCH3 is 2. The third-order valence-corrected chi connectivity index (χ3v) is 2.41. The average Bonchev–Trinajstić information content (AvgIpc) is 2.30. The zero-order valence-electron chi connectivity index (χ0n) is 10.3. The van der Waals surface area contributed by atoms with Gasteiger partial charge in [0.15, 0.2) is 0 Å². The summed E-state index contributed by atoms with van der Waals surface area (Å²) in [6.07, 6.45) is 0.576. The highest BCUT2D eigenvalue weighted by Gasteiger charge is 2.14. The second-order valence-corrected chi connectivity index (χ2v) is 3.92. The third kappa shape index (κ3) is 3.10. The lowest BCUT2D eigenvalue weighted by Crippen LogP contribution is -2.19. The number of hydrogen-bond acceptors (Lipinski definition) is 5. The van der Waals surface area contributed by atoms with Crippen molar-refractivity contribution < 1.29 is 14.3 Å².